The fourth-order valence-electron chi connectivity index (χ4n) is 1.85. The summed E-state index contributed by atoms with van der Waals surface area (Å²) in [4.78, 5) is 17.1. The molecule has 0 bridgehead atoms. The first-order valence-corrected chi connectivity index (χ1v) is 4.82. The molecule has 1 aromatic rings. The van der Waals surface area contributed by atoms with Crippen molar-refractivity contribution in [2.75, 3.05) is 12.2 Å². The summed E-state index contributed by atoms with van der Waals surface area (Å²) in [5.41, 5.74) is 3.52. The molecule has 1 amide bonds. The maximum absolute atomic E-state index is 12.0. The van der Waals surface area contributed by atoms with Crippen LogP contribution in [0.1, 0.15) is 19.4 Å². The van der Waals surface area contributed by atoms with Crippen LogP contribution in [-0.2, 0) is 9.63 Å². The molecule has 0 atom stereocenters. The maximum Gasteiger partial charge on any atom is 0.282 e. The fourth-order valence-corrected chi connectivity index (χ4v) is 1.85. The van der Waals surface area contributed by atoms with E-state index in [2.05, 4.69) is 0 Å². The van der Waals surface area contributed by atoms with E-state index in [-0.39, 0.29) is 5.91 Å². The summed E-state index contributed by atoms with van der Waals surface area (Å²) >= 11 is 0. The minimum Gasteiger partial charge on any atom is -0.269 e. The zero-order chi connectivity index (χ0) is 11.0. The standard InChI is InChI=1S/C12H13NO2/c1-8(2)11-9-6-4-5-7-10(9)13(15-3)12(11)14/h4-7H,1-3H3. The van der Waals surface area contributed by atoms with E-state index in [0.717, 1.165) is 22.4 Å². The van der Waals surface area contributed by atoms with E-state index in [4.69, 9.17) is 4.84 Å². The van der Waals surface area contributed by atoms with E-state index in [1.54, 1.807) is 0 Å². The van der Waals surface area contributed by atoms with Gasteiger partial charge >= 0.3 is 0 Å². The molecule has 2 rings (SSSR count). The highest BCUT2D eigenvalue weighted by molar-refractivity contribution is 6.32. The number of allylic oxidation sites excluding steroid dienone is 1. The lowest BCUT2D eigenvalue weighted by Gasteiger charge is -2.12. The van der Waals surface area contributed by atoms with Crippen molar-refractivity contribution in [2.24, 2.45) is 0 Å². The number of hydroxylamine groups is 1. The summed E-state index contributed by atoms with van der Waals surface area (Å²) in [6.07, 6.45) is 0. The van der Waals surface area contributed by atoms with Crippen molar-refractivity contribution >= 4 is 17.2 Å². The number of para-hydroxylation sites is 1. The average molecular weight is 203 g/mol. The van der Waals surface area contributed by atoms with Crippen molar-refractivity contribution in [3.8, 4) is 0 Å². The van der Waals surface area contributed by atoms with Crippen LogP contribution >= 0.6 is 0 Å². The molecule has 0 spiro atoms. The number of carbonyl (C=O) groups excluding carboxylic acids is 1. The normalized spacial score (nSPS) is 14.5. The minimum atomic E-state index is -0.0845. The van der Waals surface area contributed by atoms with Crippen LogP contribution < -0.4 is 5.06 Å². The van der Waals surface area contributed by atoms with Crippen LogP contribution in [0.25, 0.3) is 5.57 Å². The van der Waals surface area contributed by atoms with Gasteiger partial charge in [-0.25, -0.2) is 0 Å². The van der Waals surface area contributed by atoms with Gasteiger partial charge in [0.05, 0.1) is 18.4 Å². The van der Waals surface area contributed by atoms with E-state index in [1.807, 2.05) is 38.1 Å². The summed E-state index contributed by atoms with van der Waals surface area (Å²) < 4.78 is 0. The molecule has 1 heterocycles. The first-order valence-electron chi connectivity index (χ1n) is 4.82. The number of nitrogens with zero attached hydrogens (tertiary/aromatic N) is 1. The smallest absolute Gasteiger partial charge is 0.269 e. The third-order valence-corrected chi connectivity index (χ3v) is 2.47. The van der Waals surface area contributed by atoms with Crippen LogP contribution in [0.4, 0.5) is 5.69 Å². The lowest BCUT2D eigenvalue weighted by atomic mass is 10.0. The van der Waals surface area contributed by atoms with Crippen molar-refractivity contribution in [3.63, 3.8) is 0 Å². The molecule has 0 fully saturated rings. The van der Waals surface area contributed by atoms with E-state index in [0.29, 0.717) is 0 Å². The molecule has 3 heteroatoms. The Morgan fingerprint density at radius 2 is 1.93 bits per heavy atom. The third kappa shape index (κ3) is 1.36. The molecule has 1 aromatic carbocycles. The largest absolute Gasteiger partial charge is 0.282 e. The second kappa shape index (κ2) is 3.51. The monoisotopic (exact) mass is 203 g/mol. The lowest BCUT2D eigenvalue weighted by Crippen LogP contribution is -2.24. The number of hydrogen-bond acceptors (Lipinski definition) is 2. The maximum atomic E-state index is 12.0. The molecule has 0 aromatic heterocycles. The van der Waals surface area contributed by atoms with Crippen LogP contribution in [0.3, 0.4) is 0 Å². The molecule has 0 N–H and O–H groups in total. The molecule has 3 nitrogen and oxygen atoms in total. The summed E-state index contributed by atoms with van der Waals surface area (Å²) in [5, 5.41) is 1.33. The Morgan fingerprint density at radius 1 is 1.27 bits per heavy atom. The molecule has 78 valence electrons. The number of carbonyl (C=O) groups is 1. The summed E-state index contributed by atoms with van der Waals surface area (Å²) in [5.74, 6) is -0.0845. The first kappa shape index (κ1) is 9.93. The number of anilines is 1. The third-order valence-electron chi connectivity index (χ3n) is 2.47. The Balaban J connectivity index is 2.67. The Hall–Kier alpha value is -1.61. The molecule has 15 heavy (non-hydrogen) atoms. The van der Waals surface area contributed by atoms with E-state index >= 15 is 0 Å². The van der Waals surface area contributed by atoms with Crippen molar-refractivity contribution in [3.05, 3.63) is 35.4 Å². The highest BCUT2D eigenvalue weighted by atomic mass is 16.7. The number of rotatable bonds is 1. The van der Waals surface area contributed by atoms with Gasteiger partial charge in [0.2, 0.25) is 0 Å². The Bertz CT molecular complexity index is 445. The van der Waals surface area contributed by atoms with Gasteiger partial charge in [-0.2, -0.15) is 5.06 Å². The zero-order valence-electron chi connectivity index (χ0n) is 9.07. The molecular weight excluding hydrogens is 190 g/mol. The van der Waals surface area contributed by atoms with Gasteiger partial charge < -0.3 is 0 Å². The van der Waals surface area contributed by atoms with Gasteiger partial charge in [0.25, 0.3) is 5.91 Å². The number of hydrogen-bond donors (Lipinski definition) is 0. The summed E-state index contributed by atoms with van der Waals surface area (Å²) in [6.45, 7) is 3.87. The van der Waals surface area contributed by atoms with Gasteiger partial charge in [-0.15, -0.1) is 0 Å². The van der Waals surface area contributed by atoms with Crippen LogP contribution in [0.5, 0.6) is 0 Å². The molecule has 0 radical (unpaired) electrons. The number of benzene rings is 1. The SMILES string of the molecule is CON1C(=O)C(=C(C)C)c2ccccc21. The first-order chi connectivity index (χ1) is 7.16. The van der Waals surface area contributed by atoms with E-state index < -0.39 is 0 Å². The van der Waals surface area contributed by atoms with Gasteiger partial charge in [0.1, 0.15) is 0 Å². The summed E-state index contributed by atoms with van der Waals surface area (Å²) in [7, 11) is 1.50. The van der Waals surface area contributed by atoms with Gasteiger partial charge in [-0.1, -0.05) is 23.8 Å². The van der Waals surface area contributed by atoms with Crippen LogP contribution in [-0.4, -0.2) is 13.0 Å². The molecule has 1 aliphatic rings. The van der Waals surface area contributed by atoms with Gasteiger partial charge in [0.15, 0.2) is 0 Å². The Kier molecular flexibility index (Phi) is 2.32. The number of amides is 1. The van der Waals surface area contributed by atoms with Gasteiger partial charge in [-0.05, 0) is 19.9 Å². The molecule has 0 saturated carbocycles. The molecule has 0 unspecified atom stereocenters. The van der Waals surface area contributed by atoms with Crippen LogP contribution in [0, 0.1) is 0 Å². The highest BCUT2D eigenvalue weighted by Gasteiger charge is 2.32. The number of fused-ring (bicyclic) bond motifs is 1. The molecule has 0 saturated heterocycles. The van der Waals surface area contributed by atoms with Crippen molar-refractivity contribution in [1.29, 1.82) is 0 Å². The summed E-state index contributed by atoms with van der Waals surface area (Å²) in [6, 6.07) is 7.64. The zero-order valence-corrected chi connectivity index (χ0v) is 9.07. The van der Waals surface area contributed by atoms with Gasteiger partial charge in [0, 0.05) is 5.56 Å². The van der Waals surface area contributed by atoms with E-state index in [1.165, 1.54) is 12.2 Å². The molecule has 0 aliphatic carbocycles. The molecule has 1 aliphatic heterocycles. The quantitative estimate of drug-likeness (QED) is 0.656. The Labute approximate surface area is 88.9 Å². The van der Waals surface area contributed by atoms with Crippen LogP contribution in [0.15, 0.2) is 29.8 Å². The molecular formula is C12H13NO2. The predicted octanol–water partition coefficient (Wildman–Crippen LogP) is 2.39. The van der Waals surface area contributed by atoms with Crippen molar-refractivity contribution < 1.29 is 9.63 Å². The lowest BCUT2D eigenvalue weighted by molar-refractivity contribution is -0.118. The highest BCUT2D eigenvalue weighted by Crippen LogP contribution is 2.37. The van der Waals surface area contributed by atoms with Gasteiger partial charge in [-0.3, -0.25) is 9.63 Å². The van der Waals surface area contributed by atoms with Crippen LogP contribution in [0.2, 0.25) is 0 Å². The second-order valence-electron chi connectivity index (χ2n) is 3.67. The van der Waals surface area contributed by atoms with Crippen molar-refractivity contribution in [2.45, 2.75) is 13.8 Å². The predicted molar refractivity (Wildman–Crippen MR) is 59.2 cm³/mol. The van der Waals surface area contributed by atoms with Crippen molar-refractivity contribution in [1.82, 2.24) is 0 Å². The topological polar surface area (TPSA) is 29.5 Å². The second-order valence-corrected chi connectivity index (χ2v) is 3.67. The minimum absolute atomic E-state index is 0.0845. The fraction of sp³-hybridized carbons (Fsp3) is 0.250. The van der Waals surface area contributed by atoms with E-state index in [9.17, 15) is 4.79 Å². The average Bonchev–Trinajstić information content (AvgIpc) is 2.49. The Morgan fingerprint density at radius 3 is 2.53 bits per heavy atom.